The van der Waals surface area contributed by atoms with Crippen LogP contribution in [-0.4, -0.2) is 17.7 Å². The molecule has 0 aliphatic heterocycles. The second-order valence-corrected chi connectivity index (χ2v) is 8.48. The van der Waals surface area contributed by atoms with E-state index in [0.717, 1.165) is 23.7 Å². The maximum absolute atomic E-state index is 11.5. The third-order valence-corrected chi connectivity index (χ3v) is 5.55. The van der Waals surface area contributed by atoms with Crippen LogP contribution in [0.4, 0.5) is 0 Å². The Bertz CT molecular complexity index is 697. The molecule has 0 aromatic heterocycles. The van der Waals surface area contributed by atoms with Crippen molar-refractivity contribution in [3.05, 3.63) is 60.2 Å². The van der Waals surface area contributed by atoms with Crippen LogP contribution >= 0.6 is 15.6 Å². The van der Waals surface area contributed by atoms with E-state index in [4.69, 9.17) is 9.63 Å². The van der Waals surface area contributed by atoms with Gasteiger partial charge in [-0.25, -0.2) is 0 Å². The number of ether oxygens (including phenoxy) is 1. The predicted octanol–water partition coefficient (Wildman–Crippen LogP) is 4.99. The minimum Gasteiger partial charge on any atom is -0.457 e. The van der Waals surface area contributed by atoms with Crippen molar-refractivity contribution in [3.8, 4) is 11.5 Å². The molecule has 0 aliphatic carbocycles. The van der Waals surface area contributed by atoms with E-state index < -0.39 is 15.6 Å². The third-order valence-electron chi connectivity index (χ3n) is 2.93. The fourth-order valence-electron chi connectivity index (χ4n) is 2.01. The van der Waals surface area contributed by atoms with Crippen LogP contribution in [0.5, 0.6) is 11.5 Å². The topological polar surface area (TPSA) is 72.8 Å². The lowest BCUT2D eigenvalue weighted by molar-refractivity contribution is 0.390. The molecule has 1 N–H and O–H groups in total. The molecule has 0 fully saturated rings. The molecule has 5 nitrogen and oxygen atoms in total. The number of aryl methyl sites for hydroxylation is 1. The van der Waals surface area contributed by atoms with E-state index in [1.807, 2.05) is 54.6 Å². The Morgan fingerprint density at radius 1 is 1.09 bits per heavy atom. The number of hydrogen-bond donors (Lipinski definition) is 1. The zero-order valence-electron chi connectivity index (χ0n) is 12.8. The van der Waals surface area contributed by atoms with Crippen LogP contribution in [-0.2, 0) is 19.9 Å². The van der Waals surface area contributed by atoms with Crippen molar-refractivity contribution in [2.45, 2.75) is 12.8 Å². The maximum Gasteiger partial charge on any atom is 0.516 e. The zero-order chi connectivity index (χ0) is 16.7. The van der Waals surface area contributed by atoms with E-state index >= 15 is 0 Å². The first-order chi connectivity index (χ1) is 10.9. The van der Waals surface area contributed by atoms with Crippen LogP contribution in [0.15, 0.2) is 54.6 Å². The summed E-state index contributed by atoms with van der Waals surface area (Å²) in [6, 6.07) is 17.2. The molecule has 0 radical (unpaired) electrons. The van der Waals surface area contributed by atoms with Gasteiger partial charge in [-0.1, -0.05) is 34.6 Å². The SMILES string of the molecule is CP(=O)(O)O[P+](=O)CCCc1cccc(Oc2ccccc2)c1. The number of hydrogen-bond acceptors (Lipinski definition) is 4. The minimum atomic E-state index is -3.68. The first-order valence-corrected chi connectivity index (χ1v) is 10.6. The summed E-state index contributed by atoms with van der Waals surface area (Å²) in [5.74, 6) is 1.51. The van der Waals surface area contributed by atoms with Crippen LogP contribution in [0, 0.1) is 0 Å². The Balaban J connectivity index is 1.86. The summed E-state index contributed by atoms with van der Waals surface area (Å²) in [5, 5.41) is 0. The lowest BCUT2D eigenvalue weighted by atomic mass is 10.1. The highest BCUT2D eigenvalue weighted by Gasteiger charge is 2.27. The molecule has 0 amide bonds. The number of benzene rings is 2. The summed E-state index contributed by atoms with van der Waals surface area (Å²) in [6.07, 6.45) is 1.54. The van der Waals surface area contributed by atoms with Gasteiger partial charge in [-0.15, -0.1) is 0 Å². The first-order valence-electron chi connectivity index (χ1n) is 7.19. The molecule has 2 aromatic rings. The Hall–Kier alpha value is -1.51. The maximum atomic E-state index is 11.5. The fourth-order valence-corrected chi connectivity index (χ4v) is 4.11. The quantitative estimate of drug-likeness (QED) is 0.677. The van der Waals surface area contributed by atoms with Crippen molar-refractivity contribution in [1.82, 2.24) is 0 Å². The summed E-state index contributed by atoms with van der Waals surface area (Å²) in [4.78, 5) is 9.01. The van der Waals surface area contributed by atoms with E-state index in [0.29, 0.717) is 12.8 Å². The predicted molar refractivity (Wildman–Crippen MR) is 90.6 cm³/mol. The largest absolute Gasteiger partial charge is 0.516 e. The van der Waals surface area contributed by atoms with Gasteiger partial charge in [0.05, 0.1) is 0 Å². The molecule has 23 heavy (non-hydrogen) atoms. The van der Waals surface area contributed by atoms with Crippen LogP contribution in [0.25, 0.3) is 0 Å². The van der Waals surface area contributed by atoms with Crippen molar-refractivity contribution in [1.29, 1.82) is 0 Å². The number of rotatable bonds is 8. The minimum absolute atomic E-state index is 0.248. The fraction of sp³-hybridized carbons (Fsp3) is 0.250. The molecule has 2 atom stereocenters. The normalized spacial score (nSPS) is 14.1. The molecule has 0 spiro atoms. The van der Waals surface area contributed by atoms with Gasteiger partial charge < -0.3 is 9.63 Å². The van der Waals surface area contributed by atoms with Crippen LogP contribution in [0.1, 0.15) is 12.0 Å². The van der Waals surface area contributed by atoms with Gasteiger partial charge >= 0.3 is 15.6 Å². The van der Waals surface area contributed by atoms with E-state index in [-0.39, 0.29) is 6.16 Å². The van der Waals surface area contributed by atoms with Crippen LogP contribution < -0.4 is 4.74 Å². The van der Waals surface area contributed by atoms with Crippen molar-refractivity contribution >= 4 is 15.6 Å². The second-order valence-electron chi connectivity index (χ2n) is 5.11. The summed E-state index contributed by atoms with van der Waals surface area (Å²) < 4.78 is 32.9. The van der Waals surface area contributed by atoms with Crippen molar-refractivity contribution in [3.63, 3.8) is 0 Å². The smallest absolute Gasteiger partial charge is 0.457 e. The zero-order valence-corrected chi connectivity index (χ0v) is 14.6. The Morgan fingerprint density at radius 2 is 1.78 bits per heavy atom. The van der Waals surface area contributed by atoms with Gasteiger partial charge in [-0.05, 0) is 47.2 Å². The van der Waals surface area contributed by atoms with Crippen molar-refractivity contribution in [2.24, 2.45) is 0 Å². The molecule has 2 unspecified atom stereocenters. The molecular formula is C16H19O5P2+. The molecule has 2 rings (SSSR count). The highest BCUT2D eigenvalue weighted by Crippen LogP contribution is 2.47. The lowest BCUT2D eigenvalue weighted by Gasteiger charge is -2.07. The van der Waals surface area contributed by atoms with Crippen molar-refractivity contribution in [2.75, 3.05) is 12.8 Å². The summed E-state index contributed by atoms with van der Waals surface area (Å²) >= 11 is 0. The molecule has 0 aliphatic rings. The van der Waals surface area contributed by atoms with Gasteiger partial charge in [0.2, 0.25) is 0 Å². The molecule has 7 heteroatoms. The standard InChI is InChI=1S/C16H18O5P2/c1-23(18,19)21-22(17)12-6-8-14-7-5-11-16(13-14)20-15-9-3-2-4-10-15/h2-5,7,9-11,13H,6,8,12H2,1H3/p+1. The molecule has 0 bridgehead atoms. The molecule has 0 saturated heterocycles. The summed E-state index contributed by atoms with van der Waals surface area (Å²) in [6.45, 7) is 1.03. The average molecular weight is 353 g/mol. The summed E-state index contributed by atoms with van der Waals surface area (Å²) in [7, 11) is -5.79. The first kappa shape index (κ1) is 17.8. The van der Waals surface area contributed by atoms with Crippen molar-refractivity contribution < 1.29 is 23.1 Å². The third kappa shape index (κ3) is 7.06. The molecule has 0 heterocycles. The highest BCUT2D eigenvalue weighted by molar-refractivity contribution is 7.60. The van der Waals surface area contributed by atoms with Gasteiger partial charge in [0.25, 0.3) is 0 Å². The van der Waals surface area contributed by atoms with Crippen LogP contribution in [0.3, 0.4) is 0 Å². The van der Waals surface area contributed by atoms with E-state index in [2.05, 4.69) is 4.31 Å². The molecule has 122 valence electrons. The number of para-hydroxylation sites is 1. The van der Waals surface area contributed by atoms with Crippen LogP contribution in [0.2, 0.25) is 0 Å². The van der Waals surface area contributed by atoms with E-state index in [1.54, 1.807) is 0 Å². The van der Waals surface area contributed by atoms with Gasteiger partial charge in [-0.3, -0.25) is 4.57 Å². The Kier molecular flexibility index (Phi) is 6.49. The second kappa shape index (κ2) is 8.37. The molecule has 0 saturated carbocycles. The summed E-state index contributed by atoms with van der Waals surface area (Å²) in [5.41, 5.74) is 1.05. The van der Waals surface area contributed by atoms with Gasteiger partial charge in [-0.2, -0.15) is 0 Å². The Morgan fingerprint density at radius 3 is 2.48 bits per heavy atom. The molecular weight excluding hydrogens is 334 g/mol. The molecule has 2 aromatic carbocycles. The Labute approximate surface area is 136 Å². The van der Waals surface area contributed by atoms with Gasteiger partial charge in [0.15, 0.2) is 6.16 Å². The highest BCUT2D eigenvalue weighted by atomic mass is 31.2. The van der Waals surface area contributed by atoms with E-state index in [1.165, 1.54) is 0 Å². The van der Waals surface area contributed by atoms with E-state index in [9.17, 15) is 9.13 Å². The van der Waals surface area contributed by atoms with Gasteiger partial charge in [0.1, 0.15) is 11.5 Å². The van der Waals surface area contributed by atoms with Gasteiger partial charge in [0, 0.05) is 6.66 Å². The monoisotopic (exact) mass is 353 g/mol. The average Bonchev–Trinajstić information content (AvgIpc) is 2.47. The lowest BCUT2D eigenvalue weighted by Crippen LogP contribution is -1.91.